The summed E-state index contributed by atoms with van der Waals surface area (Å²) in [6.45, 7) is 4.95. The Labute approximate surface area is 102 Å². The zero-order valence-electron chi connectivity index (χ0n) is 10.5. The van der Waals surface area contributed by atoms with Gasteiger partial charge < -0.3 is 15.2 Å². The average Bonchev–Trinajstić information content (AvgIpc) is 2.45. The minimum atomic E-state index is -0.128. The first-order chi connectivity index (χ1) is 8.07. The van der Waals surface area contributed by atoms with Crippen molar-refractivity contribution in [2.45, 2.75) is 44.8 Å². The van der Waals surface area contributed by atoms with Gasteiger partial charge in [-0.2, -0.15) is 0 Å². The monoisotopic (exact) mass is 233 g/mol. The van der Waals surface area contributed by atoms with Crippen LogP contribution in [0.5, 0.6) is 11.5 Å². The molecule has 0 amide bonds. The summed E-state index contributed by atoms with van der Waals surface area (Å²) in [6, 6.07) is 4.32. The summed E-state index contributed by atoms with van der Waals surface area (Å²) in [6.07, 6.45) is 2.93. The number of fused-ring (bicyclic) bond motifs is 3. The lowest BCUT2D eigenvalue weighted by Crippen LogP contribution is -2.24. The van der Waals surface area contributed by atoms with E-state index in [1.54, 1.807) is 0 Å². The predicted octanol–water partition coefficient (Wildman–Crippen LogP) is 2.57. The van der Waals surface area contributed by atoms with Gasteiger partial charge in [0.05, 0.1) is 6.61 Å². The third kappa shape index (κ3) is 1.78. The Balaban J connectivity index is 2.10. The van der Waals surface area contributed by atoms with Crippen LogP contribution in [0.4, 0.5) is 0 Å². The fraction of sp³-hybridized carbons (Fsp3) is 0.571. The molecular weight excluding hydrogens is 214 g/mol. The molecule has 3 heteroatoms. The lowest BCUT2D eigenvalue weighted by Gasteiger charge is -2.19. The first-order valence-electron chi connectivity index (χ1n) is 6.30. The van der Waals surface area contributed by atoms with Gasteiger partial charge in [-0.25, -0.2) is 0 Å². The quantitative estimate of drug-likeness (QED) is 0.749. The molecule has 2 N–H and O–H groups in total. The first kappa shape index (κ1) is 10.9. The maximum atomic E-state index is 6.17. The number of hydrogen-bond acceptors (Lipinski definition) is 3. The summed E-state index contributed by atoms with van der Waals surface area (Å²) < 4.78 is 11.9. The van der Waals surface area contributed by atoms with Crippen molar-refractivity contribution in [3.8, 4) is 11.5 Å². The van der Waals surface area contributed by atoms with Crippen LogP contribution in [-0.2, 0) is 6.42 Å². The van der Waals surface area contributed by atoms with Gasteiger partial charge in [-0.1, -0.05) is 12.1 Å². The van der Waals surface area contributed by atoms with Crippen LogP contribution >= 0.6 is 0 Å². The van der Waals surface area contributed by atoms with Crippen molar-refractivity contribution in [2.24, 2.45) is 5.73 Å². The smallest absolute Gasteiger partial charge is 0.166 e. The van der Waals surface area contributed by atoms with Crippen molar-refractivity contribution in [1.82, 2.24) is 0 Å². The van der Waals surface area contributed by atoms with Gasteiger partial charge in [-0.3, -0.25) is 0 Å². The van der Waals surface area contributed by atoms with Crippen molar-refractivity contribution in [1.29, 1.82) is 0 Å². The maximum absolute atomic E-state index is 6.17. The topological polar surface area (TPSA) is 44.5 Å². The highest BCUT2D eigenvalue weighted by Gasteiger charge is 2.34. The second-order valence-corrected chi connectivity index (χ2v) is 5.61. The Bertz CT molecular complexity index is 454. The number of rotatable bonds is 0. The zero-order chi connectivity index (χ0) is 12.0. The molecule has 2 aliphatic rings. The van der Waals surface area contributed by atoms with Crippen LogP contribution in [0.25, 0.3) is 0 Å². The molecule has 1 aromatic carbocycles. The van der Waals surface area contributed by atoms with Gasteiger partial charge in [0, 0.05) is 23.6 Å². The van der Waals surface area contributed by atoms with Crippen LogP contribution in [0.1, 0.15) is 43.9 Å². The normalized spacial score (nSPS) is 25.2. The Morgan fingerprint density at radius 1 is 1.29 bits per heavy atom. The fourth-order valence-electron chi connectivity index (χ4n) is 2.71. The molecule has 0 saturated carbocycles. The summed E-state index contributed by atoms with van der Waals surface area (Å²) >= 11 is 0. The van der Waals surface area contributed by atoms with Crippen LogP contribution in [-0.4, -0.2) is 12.2 Å². The molecule has 0 fully saturated rings. The molecule has 0 bridgehead atoms. The lowest BCUT2D eigenvalue weighted by atomic mass is 9.97. The minimum Gasteiger partial charge on any atom is -0.489 e. The van der Waals surface area contributed by atoms with Gasteiger partial charge in [0.1, 0.15) is 5.60 Å². The van der Waals surface area contributed by atoms with Crippen molar-refractivity contribution in [3.05, 3.63) is 23.3 Å². The van der Waals surface area contributed by atoms with Gasteiger partial charge in [-0.05, 0) is 26.7 Å². The summed E-state index contributed by atoms with van der Waals surface area (Å²) in [4.78, 5) is 0. The molecule has 0 aromatic heterocycles. The summed E-state index contributed by atoms with van der Waals surface area (Å²) in [5, 5.41) is 0. The highest BCUT2D eigenvalue weighted by atomic mass is 16.5. The molecule has 0 saturated heterocycles. The van der Waals surface area contributed by atoms with Gasteiger partial charge in [0.25, 0.3) is 0 Å². The number of hydrogen-bond donors (Lipinski definition) is 1. The zero-order valence-corrected chi connectivity index (χ0v) is 10.5. The Morgan fingerprint density at radius 3 is 2.94 bits per heavy atom. The highest BCUT2D eigenvalue weighted by Crippen LogP contribution is 2.46. The Hall–Kier alpha value is -1.22. The molecule has 92 valence electrons. The van der Waals surface area contributed by atoms with E-state index >= 15 is 0 Å². The number of nitrogens with two attached hydrogens (primary N) is 1. The molecule has 1 aromatic rings. The molecule has 1 atom stereocenters. The molecule has 3 rings (SSSR count). The van der Waals surface area contributed by atoms with Crippen molar-refractivity contribution in [3.63, 3.8) is 0 Å². The van der Waals surface area contributed by atoms with Gasteiger partial charge in [-0.15, -0.1) is 0 Å². The van der Waals surface area contributed by atoms with Gasteiger partial charge in [0.15, 0.2) is 11.5 Å². The third-order valence-electron chi connectivity index (χ3n) is 3.52. The molecule has 0 unspecified atom stereocenters. The van der Waals surface area contributed by atoms with Gasteiger partial charge >= 0.3 is 0 Å². The molecule has 3 nitrogen and oxygen atoms in total. The van der Waals surface area contributed by atoms with E-state index in [4.69, 9.17) is 15.2 Å². The second-order valence-electron chi connectivity index (χ2n) is 5.61. The van der Waals surface area contributed by atoms with E-state index < -0.39 is 0 Å². The van der Waals surface area contributed by atoms with E-state index in [0.29, 0.717) is 0 Å². The highest BCUT2D eigenvalue weighted by molar-refractivity contribution is 5.56. The van der Waals surface area contributed by atoms with Crippen LogP contribution < -0.4 is 15.2 Å². The van der Waals surface area contributed by atoms with Crippen molar-refractivity contribution >= 4 is 0 Å². The molecule has 0 radical (unpaired) electrons. The van der Waals surface area contributed by atoms with Crippen molar-refractivity contribution < 1.29 is 9.47 Å². The standard InChI is InChI=1S/C14H19NO2/c1-14(2)8-9-5-6-10-11(15)4-3-7-16-13(10)12(9)17-14/h5-6,11H,3-4,7-8,15H2,1-2H3/t11-/m0/s1. The van der Waals surface area contributed by atoms with E-state index in [1.165, 1.54) is 5.56 Å². The lowest BCUT2D eigenvalue weighted by molar-refractivity contribution is 0.132. The predicted molar refractivity (Wildman–Crippen MR) is 66.5 cm³/mol. The van der Waals surface area contributed by atoms with E-state index in [9.17, 15) is 0 Å². The van der Waals surface area contributed by atoms with E-state index in [-0.39, 0.29) is 11.6 Å². The van der Waals surface area contributed by atoms with Crippen LogP contribution in [0, 0.1) is 0 Å². The third-order valence-corrected chi connectivity index (χ3v) is 3.52. The summed E-state index contributed by atoms with van der Waals surface area (Å²) in [7, 11) is 0. The second kappa shape index (κ2) is 3.64. The van der Waals surface area contributed by atoms with Crippen LogP contribution in [0.15, 0.2) is 12.1 Å². The first-order valence-corrected chi connectivity index (χ1v) is 6.30. The van der Waals surface area contributed by atoms with E-state index in [1.807, 2.05) is 0 Å². The molecule has 0 spiro atoms. The summed E-state index contributed by atoms with van der Waals surface area (Å²) in [5.41, 5.74) is 8.38. The largest absolute Gasteiger partial charge is 0.489 e. The Kier molecular flexibility index (Phi) is 2.33. The molecule has 2 heterocycles. The van der Waals surface area contributed by atoms with Crippen LogP contribution in [0.3, 0.4) is 0 Å². The maximum Gasteiger partial charge on any atom is 0.166 e. The summed E-state index contributed by atoms with van der Waals surface area (Å²) in [5.74, 6) is 1.81. The molecular formula is C14H19NO2. The molecule has 2 aliphatic heterocycles. The SMILES string of the molecule is CC1(C)Cc2ccc3c(c2O1)OCCC[C@@H]3N. The van der Waals surface area contributed by atoms with E-state index in [2.05, 4.69) is 26.0 Å². The average molecular weight is 233 g/mol. The van der Waals surface area contributed by atoms with E-state index in [0.717, 1.165) is 42.9 Å². The number of benzene rings is 1. The molecule has 0 aliphatic carbocycles. The minimum absolute atomic E-state index is 0.0742. The molecule has 17 heavy (non-hydrogen) atoms. The number of ether oxygens (including phenoxy) is 2. The Morgan fingerprint density at radius 2 is 2.12 bits per heavy atom. The fourth-order valence-corrected chi connectivity index (χ4v) is 2.71. The van der Waals surface area contributed by atoms with Crippen LogP contribution in [0.2, 0.25) is 0 Å². The van der Waals surface area contributed by atoms with Gasteiger partial charge in [0.2, 0.25) is 0 Å². The van der Waals surface area contributed by atoms with Crippen molar-refractivity contribution in [2.75, 3.05) is 6.61 Å².